The van der Waals surface area contributed by atoms with Gasteiger partial charge in [0.05, 0.1) is 13.0 Å². The van der Waals surface area contributed by atoms with Gasteiger partial charge in [-0.05, 0) is 48.7 Å². The third kappa shape index (κ3) is 2.94. The van der Waals surface area contributed by atoms with Gasteiger partial charge in [0.1, 0.15) is 5.75 Å². The van der Waals surface area contributed by atoms with Crippen molar-refractivity contribution in [2.24, 2.45) is 5.92 Å². The van der Waals surface area contributed by atoms with Crippen LogP contribution in [0.4, 0.5) is 11.4 Å². The summed E-state index contributed by atoms with van der Waals surface area (Å²) in [6.45, 7) is 1.16. The number of carbonyl (C=O) groups excluding carboxylic acids is 2. The number of anilines is 2. The van der Waals surface area contributed by atoms with Gasteiger partial charge in [-0.1, -0.05) is 18.2 Å². The summed E-state index contributed by atoms with van der Waals surface area (Å²) >= 11 is 0. The highest BCUT2D eigenvalue weighted by Gasteiger charge is 2.38. The summed E-state index contributed by atoms with van der Waals surface area (Å²) in [5, 5.41) is 0. The first kappa shape index (κ1) is 16.6. The number of carbonyl (C=O) groups is 2. The van der Waals surface area contributed by atoms with E-state index >= 15 is 0 Å². The number of fused-ring (bicyclic) bond motifs is 1. The highest BCUT2D eigenvalue weighted by Crippen LogP contribution is 2.32. The van der Waals surface area contributed by atoms with E-state index in [9.17, 15) is 9.59 Å². The van der Waals surface area contributed by atoms with E-state index < -0.39 is 0 Å². The van der Waals surface area contributed by atoms with Crippen molar-refractivity contribution in [3.05, 3.63) is 54.1 Å². The van der Waals surface area contributed by atoms with Gasteiger partial charge < -0.3 is 14.5 Å². The molecule has 0 radical (unpaired) electrons. The minimum Gasteiger partial charge on any atom is -0.497 e. The number of rotatable bonds is 3. The lowest BCUT2D eigenvalue weighted by atomic mass is 9.99. The Morgan fingerprint density at radius 1 is 1.12 bits per heavy atom. The van der Waals surface area contributed by atoms with Crippen LogP contribution in [0.1, 0.15) is 18.4 Å². The lowest BCUT2D eigenvalue weighted by Crippen LogP contribution is -2.40. The van der Waals surface area contributed by atoms with Crippen molar-refractivity contribution in [3.63, 3.8) is 0 Å². The Labute approximate surface area is 153 Å². The van der Waals surface area contributed by atoms with Crippen LogP contribution in [0.3, 0.4) is 0 Å². The summed E-state index contributed by atoms with van der Waals surface area (Å²) in [5.41, 5.74) is 3.02. The van der Waals surface area contributed by atoms with Crippen LogP contribution in [-0.2, 0) is 16.0 Å². The molecule has 2 aliphatic heterocycles. The number of amides is 2. The van der Waals surface area contributed by atoms with Gasteiger partial charge in [0.15, 0.2) is 0 Å². The summed E-state index contributed by atoms with van der Waals surface area (Å²) in [5.74, 6) is 0.508. The number of aryl methyl sites for hydroxylation is 1. The molecular weight excluding hydrogens is 328 g/mol. The normalized spacial score (nSPS) is 19.4. The zero-order chi connectivity index (χ0) is 18.1. The number of benzene rings is 2. The van der Waals surface area contributed by atoms with E-state index in [1.807, 2.05) is 47.4 Å². The van der Waals surface area contributed by atoms with Crippen LogP contribution in [0.25, 0.3) is 0 Å². The summed E-state index contributed by atoms with van der Waals surface area (Å²) in [4.78, 5) is 29.2. The smallest absolute Gasteiger partial charge is 0.232 e. The van der Waals surface area contributed by atoms with Gasteiger partial charge in [0.2, 0.25) is 11.8 Å². The Hall–Kier alpha value is -2.82. The Bertz CT molecular complexity index is 831. The van der Waals surface area contributed by atoms with Crippen molar-refractivity contribution in [2.75, 3.05) is 30.0 Å². The largest absolute Gasteiger partial charge is 0.497 e. The van der Waals surface area contributed by atoms with E-state index in [1.54, 1.807) is 12.0 Å². The topological polar surface area (TPSA) is 49.9 Å². The van der Waals surface area contributed by atoms with Crippen molar-refractivity contribution in [2.45, 2.75) is 19.3 Å². The highest BCUT2D eigenvalue weighted by molar-refractivity contribution is 6.04. The molecule has 2 aliphatic rings. The zero-order valence-electron chi connectivity index (χ0n) is 14.9. The van der Waals surface area contributed by atoms with Gasteiger partial charge in [-0.25, -0.2) is 0 Å². The van der Waals surface area contributed by atoms with Gasteiger partial charge >= 0.3 is 0 Å². The van der Waals surface area contributed by atoms with Crippen molar-refractivity contribution >= 4 is 23.2 Å². The van der Waals surface area contributed by atoms with Crippen LogP contribution >= 0.6 is 0 Å². The van der Waals surface area contributed by atoms with Crippen LogP contribution in [0.2, 0.25) is 0 Å². The summed E-state index contributed by atoms with van der Waals surface area (Å²) < 4.78 is 5.17. The molecular formula is C21H22N2O3. The molecule has 134 valence electrons. The van der Waals surface area contributed by atoms with Crippen molar-refractivity contribution in [1.29, 1.82) is 0 Å². The Balaban J connectivity index is 1.52. The molecule has 1 atom stereocenters. The van der Waals surface area contributed by atoms with E-state index in [4.69, 9.17) is 4.74 Å². The van der Waals surface area contributed by atoms with E-state index in [-0.39, 0.29) is 24.2 Å². The third-order valence-corrected chi connectivity index (χ3v) is 5.23. The fourth-order valence-electron chi connectivity index (χ4n) is 3.87. The molecule has 5 nitrogen and oxygen atoms in total. The SMILES string of the molecule is COc1ccc(N2CC(C(=O)N3CCCc4ccccc43)CC2=O)cc1. The molecule has 0 aliphatic carbocycles. The first-order valence-corrected chi connectivity index (χ1v) is 9.01. The molecule has 1 saturated heterocycles. The molecule has 5 heteroatoms. The predicted molar refractivity (Wildman–Crippen MR) is 101 cm³/mol. The van der Waals surface area contributed by atoms with Gasteiger partial charge in [0.25, 0.3) is 0 Å². The molecule has 2 aromatic rings. The van der Waals surface area contributed by atoms with E-state index in [2.05, 4.69) is 6.07 Å². The minimum atomic E-state index is -0.296. The first-order chi connectivity index (χ1) is 12.7. The van der Waals surface area contributed by atoms with Crippen LogP contribution < -0.4 is 14.5 Å². The molecule has 0 N–H and O–H groups in total. The second kappa shape index (κ2) is 6.83. The van der Waals surface area contributed by atoms with Gasteiger partial charge in [-0.2, -0.15) is 0 Å². The van der Waals surface area contributed by atoms with Crippen molar-refractivity contribution in [1.82, 2.24) is 0 Å². The van der Waals surface area contributed by atoms with Crippen LogP contribution in [-0.4, -0.2) is 32.0 Å². The second-order valence-electron chi connectivity index (χ2n) is 6.83. The predicted octanol–water partition coefficient (Wildman–Crippen LogP) is 3.03. The minimum absolute atomic E-state index is 0.00110. The molecule has 0 bridgehead atoms. The molecule has 1 fully saturated rings. The molecule has 26 heavy (non-hydrogen) atoms. The van der Waals surface area contributed by atoms with Crippen LogP contribution in [0.5, 0.6) is 5.75 Å². The molecule has 0 aromatic heterocycles. The molecule has 1 unspecified atom stereocenters. The average Bonchev–Trinajstić information content (AvgIpc) is 3.08. The molecule has 2 aromatic carbocycles. The summed E-state index contributed by atoms with van der Waals surface area (Å²) in [6, 6.07) is 15.4. The zero-order valence-corrected chi connectivity index (χ0v) is 14.9. The molecule has 0 spiro atoms. The quantitative estimate of drug-likeness (QED) is 0.855. The molecule has 2 heterocycles. The lowest BCUT2D eigenvalue weighted by Gasteiger charge is -2.31. The van der Waals surface area contributed by atoms with E-state index in [0.29, 0.717) is 6.54 Å². The van der Waals surface area contributed by atoms with Crippen LogP contribution in [0, 0.1) is 5.92 Å². The summed E-state index contributed by atoms with van der Waals surface area (Å²) in [7, 11) is 1.61. The van der Waals surface area contributed by atoms with Crippen LogP contribution in [0.15, 0.2) is 48.5 Å². The molecule has 4 rings (SSSR count). The number of nitrogens with zero attached hydrogens (tertiary/aromatic N) is 2. The van der Waals surface area contributed by atoms with E-state index in [0.717, 1.165) is 36.5 Å². The maximum atomic E-state index is 13.1. The maximum Gasteiger partial charge on any atom is 0.232 e. The van der Waals surface area contributed by atoms with Gasteiger partial charge in [-0.15, -0.1) is 0 Å². The standard InChI is InChI=1S/C21H22N2O3/c1-26-18-10-8-17(9-11-18)23-14-16(13-20(23)24)21(25)22-12-4-6-15-5-2-3-7-19(15)22/h2-3,5,7-11,16H,4,6,12-14H2,1H3. The fraction of sp³-hybridized carbons (Fsp3) is 0.333. The maximum absolute atomic E-state index is 13.1. The Morgan fingerprint density at radius 2 is 1.88 bits per heavy atom. The Morgan fingerprint density at radius 3 is 2.65 bits per heavy atom. The summed E-state index contributed by atoms with van der Waals surface area (Å²) in [6.07, 6.45) is 2.23. The van der Waals surface area contributed by atoms with E-state index in [1.165, 1.54) is 5.56 Å². The molecule has 0 saturated carbocycles. The third-order valence-electron chi connectivity index (χ3n) is 5.23. The lowest BCUT2D eigenvalue weighted by molar-refractivity contribution is -0.124. The molecule has 2 amide bonds. The highest BCUT2D eigenvalue weighted by atomic mass is 16.5. The van der Waals surface area contributed by atoms with Crippen molar-refractivity contribution in [3.8, 4) is 5.75 Å². The van der Waals surface area contributed by atoms with Gasteiger partial charge in [-0.3, -0.25) is 9.59 Å². The first-order valence-electron chi connectivity index (χ1n) is 9.01. The Kier molecular flexibility index (Phi) is 4.37. The average molecular weight is 350 g/mol. The number of hydrogen-bond acceptors (Lipinski definition) is 3. The monoisotopic (exact) mass is 350 g/mol. The second-order valence-corrected chi connectivity index (χ2v) is 6.83. The number of methoxy groups -OCH3 is 1. The number of para-hydroxylation sites is 1. The van der Waals surface area contributed by atoms with Gasteiger partial charge in [0, 0.05) is 30.9 Å². The fourth-order valence-corrected chi connectivity index (χ4v) is 3.87. The number of ether oxygens (including phenoxy) is 1. The number of hydrogen-bond donors (Lipinski definition) is 0. The van der Waals surface area contributed by atoms with Crippen molar-refractivity contribution < 1.29 is 14.3 Å².